The van der Waals surface area contributed by atoms with E-state index >= 15 is 0 Å². The van der Waals surface area contributed by atoms with Crippen LogP contribution in [0.3, 0.4) is 0 Å². The van der Waals surface area contributed by atoms with Crippen molar-refractivity contribution in [1.29, 1.82) is 0 Å². The van der Waals surface area contributed by atoms with Gasteiger partial charge in [-0.25, -0.2) is 4.98 Å². The highest BCUT2D eigenvalue weighted by molar-refractivity contribution is 5.93. The molecule has 0 aromatic carbocycles. The van der Waals surface area contributed by atoms with E-state index in [1.165, 1.54) is 6.39 Å². The fourth-order valence-electron chi connectivity index (χ4n) is 1.94. The zero-order chi connectivity index (χ0) is 12.3. The van der Waals surface area contributed by atoms with Gasteiger partial charge in [-0.2, -0.15) is 0 Å². The third-order valence-corrected chi connectivity index (χ3v) is 3.01. The van der Waals surface area contributed by atoms with Gasteiger partial charge in [0.15, 0.2) is 12.1 Å². The molecule has 1 aromatic heterocycles. The van der Waals surface area contributed by atoms with Gasteiger partial charge < -0.3 is 20.2 Å². The fraction of sp³-hybridized carbons (Fsp3) is 0.636. The highest BCUT2D eigenvalue weighted by Gasteiger charge is 2.25. The van der Waals surface area contributed by atoms with Crippen LogP contribution in [0.25, 0.3) is 0 Å². The lowest BCUT2D eigenvalue weighted by atomic mass is 10.1. The fourth-order valence-corrected chi connectivity index (χ4v) is 1.94. The smallest absolute Gasteiger partial charge is 0.273 e. The van der Waals surface area contributed by atoms with E-state index in [9.17, 15) is 9.90 Å². The highest BCUT2D eigenvalue weighted by Crippen LogP contribution is 2.09. The second kappa shape index (κ2) is 8.37. The number of hydrogen-bond donors (Lipinski definition) is 3. The zero-order valence-electron chi connectivity index (χ0n) is 10.6. The summed E-state index contributed by atoms with van der Waals surface area (Å²) in [7, 11) is 0. The molecular formula is C11H19Cl2N3O3. The van der Waals surface area contributed by atoms with Crippen LogP contribution in [-0.4, -0.2) is 41.7 Å². The number of nitrogens with one attached hydrogen (secondary N) is 2. The largest absolute Gasteiger partial charge is 0.448 e. The molecule has 0 bridgehead atoms. The van der Waals surface area contributed by atoms with E-state index < -0.39 is 6.10 Å². The number of halogens is 2. The number of aliphatic hydroxyl groups is 1. The van der Waals surface area contributed by atoms with Crippen LogP contribution in [0.15, 0.2) is 10.8 Å². The Kier molecular flexibility index (Phi) is 8.01. The Morgan fingerprint density at radius 3 is 2.89 bits per heavy atom. The molecule has 2 rings (SSSR count). The number of carbonyl (C=O) groups is 1. The minimum Gasteiger partial charge on any atom is -0.448 e. The topological polar surface area (TPSA) is 87.4 Å². The van der Waals surface area contributed by atoms with Crippen molar-refractivity contribution >= 4 is 30.7 Å². The normalized spacial score (nSPS) is 21.4. The maximum Gasteiger partial charge on any atom is 0.273 e. The Balaban J connectivity index is 0.00000162. The summed E-state index contributed by atoms with van der Waals surface area (Å²) in [5, 5.41) is 15.4. The predicted molar refractivity (Wildman–Crippen MR) is 75.1 cm³/mol. The van der Waals surface area contributed by atoms with Crippen molar-refractivity contribution < 1.29 is 14.3 Å². The summed E-state index contributed by atoms with van der Waals surface area (Å²) in [5.41, 5.74) is 0.341. The number of hydrogen-bond acceptors (Lipinski definition) is 5. The molecule has 19 heavy (non-hydrogen) atoms. The quantitative estimate of drug-likeness (QED) is 0.749. The van der Waals surface area contributed by atoms with E-state index in [-0.39, 0.29) is 36.6 Å². The SMILES string of the molecule is CCc1ocnc1C(=O)NCC1CNCC1O.Cl.Cl. The third kappa shape index (κ3) is 4.35. The third-order valence-electron chi connectivity index (χ3n) is 3.01. The number of aryl methyl sites for hydroxylation is 1. The van der Waals surface area contributed by atoms with Crippen LogP contribution in [0.1, 0.15) is 23.2 Å². The molecular weight excluding hydrogens is 293 g/mol. The first-order valence-corrected chi connectivity index (χ1v) is 5.81. The van der Waals surface area contributed by atoms with Gasteiger partial charge in [-0.15, -0.1) is 24.8 Å². The number of β-amino-alcohol motifs (C(OH)–C–C–N with tert-alkyl or cyclic N) is 1. The minimum absolute atomic E-state index is 0. The molecule has 6 nitrogen and oxygen atoms in total. The van der Waals surface area contributed by atoms with Crippen molar-refractivity contribution in [3.63, 3.8) is 0 Å². The molecule has 1 aliphatic rings. The Hall–Kier alpha value is -0.820. The van der Waals surface area contributed by atoms with Gasteiger partial charge in [-0.05, 0) is 0 Å². The van der Waals surface area contributed by atoms with Crippen molar-refractivity contribution in [3.05, 3.63) is 17.8 Å². The number of amides is 1. The minimum atomic E-state index is -0.391. The van der Waals surface area contributed by atoms with E-state index in [1.807, 2.05) is 6.92 Å². The molecule has 2 heterocycles. The number of aliphatic hydroxyl groups excluding tert-OH is 1. The molecule has 110 valence electrons. The molecule has 1 saturated heterocycles. The van der Waals surface area contributed by atoms with E-state index in [2.05, 4.69) is 15.6 Å². The molecule has 1 aliphatic heterocycles. The van der Waals surface area contributed by atoms with Crippen molar-refractivity contribution in [2.45, 2.75) is 19.4 Å². The van der Waals surface area contributed by atoms with E-state index in [0.29, 0.717) is 31.0 Å². The van der Waals surface area contributed by atoms with Crippen LogP contribution in [0.2, 0.25) is 0 Å². The van der Waals surface area contributed by atoms with Crippen molar-refractivity contribution in [2.75, 3.05) is 19.6 Å². The second-order valence-electron chi connectivity index (χ2n) is 4.17. The first kappa shape index (κ1) is 18.2. The van der Waals surface area contributed by atoms with Crippen LogP contribution in [0, 0.1) is 5.92 Å². The lowest BCUT2D eigenvalue weighted by molar-refractivity contribution is 0.0921. The van der Waals surface area contributed by atoms with Crippen molar-refractivity contribution in [2.24, 2.45) is 5.92 Å². The summed E-state index contributed by atoms with van der Waals surface area (Å²) in [5.74, 6) is 0.415. The van der Waals surface area contributed by atoms with Crippen molar-refractivity contribution in [1.82, 2.24) is 15.6 Å². The van der Waals surface area contributed by atoms with Crippen LogP contribution >= 0.6 is 24.8 Å². The van der Waals surface area contributed by atoms with E-state index in [4.69, 9.17) is 4.42 Å². The van der Waals surface area contributed by atoms with Gasteiger partial charge in [0.1, 0.15) is 5.76 Å². The molecule has 3 N–H and O–H groups in total. The number of aromatic nitrogens is 1. The molecule has 2 atom stereocenters. The number of oxazole rings is 1. The molecule has 0 aliphatic carbocycles. The molecule has 0 spiro atoms. The maximum atomic E-state index is 11.8. The van der Waals surface area contributed by atoms with E-state index in [1.54, 1.807) is 0 Å². The summed E-state index contributed by atoms with van der Waals surface area (Å²) in [6.07, 6.45) is 1.52. The van der Waals surface area contributed by atoms with Gasteiger partial charge >= 0.3 is 0 Å². The molecule has 8 heteroatoms. The predicted octanol–water partition coefficient (Wildman–Crippen LogP) is 0.391. The van der Waals surface area contributed by atoms with Crippen LogP contribution in [-0.2, 0) is 6.42 Å². The zero-order valence-corrected chi connectivity index (χ0v) is 12.2. The number of carbonyl (C=O) groups excluding carboxylic acids is 1. The average molecular weight is 312 g/mol. The summed E-state index contributed by atoms with van der Waals surface area (Å²) < 4.78 is 5.09. The Bertz CT molecular complexity index is 400. The molecule has 0 saturated carbocycles. The first-order chi connectivity index (χ1) is 8.22. The lowest BCUT2D eigenvalue weighted by Crippen LogP contribution is -2.34. The second-order valence-corrected chi connectivity index (χ2v) is 4.17. The lowest BCUT2D eigenvalue weighted by Gasteiger charge is -2.13. The van der Waals surface area contributed by atoms with Gasteiger partial charge in [0.05, 0.1) is 6.10 Å². The number of rotatable bonds is 4. The van der Waals surface area contributed by atoms with Gasteiger partial charge in [0, 0.05) is 32.0 Å². The summed E-state index contributed by atoms with van der Waals surface area (Å²) in [6.45, 7) is 3.66. The first-order valence-electron chi connectivity index (χ1n) is 5.81. The Labute approximate surface area is 124 Å². The molecule has 1 fully saturated rings. The van der Waals surface area contributed by atoms with Crippen LogP contribution in [0.4, 0.5) is 0 Å². The van der Waals surface area contributed by atoms with Gasteiger partial charge in [-0.1, -0.05) is 6.92 Å². The summed E-state index contributed by atoms with van der Waals surface area (Å²) in [6, 6.07) is 0. The van der Waals surface area contributed by atoms with Crippen LogP contribution in [0.5, 0.6) is 0 Å². The van der Waals surface area contributed by atoms with Crippen molar-refractivity contribution in [3.8, 4) is 0 Å². The Morgan fingerprint density at radius 1 is 1.58 bits per heavy atom. The molecule has 1 aromatic rings. The molecule has 2 unspecified atom stereocenters. The maximum absolute atomic E-state index is 11.8. The van der Waals surface area contributed by atoms with Gasteiger partial charge in [-0.3, -0.25) is 4.79 Å². The highest BCUT2D eigenvalue weighted by atomic mass is 35.5. The van der Waals surface area contributed by atoms with E-state index in [0.717, 1.165) is 6.54 Å². The average Bonchev–Trinajstić information content (AvgIpc) is 2.94. The van der Waals surface area contributed by atoms with Gasteiger partial charge in [0.25, 0.3) is 5.91 Å². The number of nitrogens with zero attached hydrogens (tertiary/aromatic N) is 1. The van der Waals surface area contributed by atoms with Crippen LogP contribution < -0.4 is 10.6 Å². The van der Waals surface area contributed by atoms with Gasteiger partial charge in [0.2, 0.25) is 0 Å². The Morgan fingerprint density at radius 2 is 2.32 bits per heavy atom. The monoisotopic (exact) mass is 311 g/mol. The summed E-state index contributed by atoms with van der Waals surface area (Å²) >= 11 is 0. The standard InChI is InChI=1S/C11H17N3O3.2ClH/c1-2-9-10(14-6-17-9)11(16)13-4-7-3-12-5-8(7)15;;/h6-8,12,15H,2-5H2,1H3,(H,13,16);2*1H. The molecule has 1 amide bonds. The molecule has 0 radical (unpaired) electrons. The summed E-state index contributed by atoms with van der Waals surface area (Å²) in [4.78, 5) is 15.7.